The Morgan fingerprint density at radius 1 is 1.00 bits per heavy atom. The number of para-hydroxylation sites is 2. The first-order valence-corrected chi connectivity index (χ1v) is 9.70. The highest BCUT2D eigenvalue weighted by molar-refractivity contribution is 5.84. The molecule has 1 heterocycles. The van der Waals surface area contributed by atoms with E-state index >= 15 is 0 Å². The van der Waals surface area contributed by atoms with Gasteiger partial charge in [0.05, 0.1) is 11.9 Å². The van der Waals surface area contributed by atoms with Crippen molar-refractivity contribution in [3.63, 3.8) is 0 Å². The molecule has 0 saturated carbocycles. The van der Waals surface area contributed by atoms with Crippen LogP contribution in [0.1, 0.15) is 27.0 Å². The Morgan fingerprint density at radius 2 is 1.73 bits per heavy atom. The minimum Gasteiger partial charge on any atom is -0.388 e. The molecule has 4 heteroatoms. The third-order valence-corrected chi connectivity index (χ3v) is 4.65. The van der Waals surface area contributed by atoms with Gasteiger partial charge in [-0.25, -0.2) is 4.68 Å². The van der Waals surface area contributed by atoms with Crippen molar-refractivity contribution in [1.82, 2.24) is 9.78 Å². The second-order valence-electron chi connectivity index (χ2n) is 6.82. The minimum atomic E-state index is 0.745. The van der Waals surface area contributed by atoms with Crippen molar-refractivity contribution in [1.29, 1.82) is 0 Å². The van der Waals surface area contributed by atoms with Gasteiger partial charge in [0.1, 0.15) is 6.29 Å². The lowest BCUT2D eigenvalue weighted by Gasteiger charge is -2.10. The summed E-state index contributed by atoms with van der Waals surface area (Å²) in [5.41, 5.74) is 7.04. The highest BCUT2D eigenvalue weighted by Gasteiger charge is 2.09. The summed E-state index contributed by atoms with van der Waals surface area (Å²) in [6, 6.07) is 25.7. The van der Waals surface area contributed by atoms with Gasteiger partial charge in [0.15, 0.2) is 0 Å². The molecule has 0 radical (unpaired) electrons. The summed E-state index contributed by atoms with van der Waals surface area (Å²) >= 11 is 0. The molecule has 150 valence electrons. The van der Waals surface area contributed by atoms with Crippen molar-refractivity contribution in [2.24, 2.45) is 0 Å². The lowest BCUT2D eigenvalue weighted by atomic mass is 10.0. The maximum absolute atomic E-state index is 10.2. The Labute approximate surface area is 177 Å². The first-order chi connectivity index (χ1) is 14.6. The molecule has 0 unspecified atom stereocenters. The summed E-state index contributed by atoms with van der Waals surface area (Å²) in [6.45, 7) is 6.18. The number of aromatic nitrogens is 2. The zero-order valence-electron chi connectivity index (χ0n) is 17.2. The maximum Gasteiger partial charge on any atom is 0.150 e. The summed E-state index contributed by atoms with van der Waals surface area (Å²) < 4.78 is 1.86. The monoisotopic (exact) mass is 395 g/mol. The van der Waals surface area contributed by atoms with E-state index in [9.17, 15) is 4.79 Å². The number of hydrogen-bond acceptors (Lipinski definition) is 3. The zero-order chi connectivity index (χ0) is 21.3. The van der Waals surface area contributed by atoms with E-state index in [1.165, 1.54) is 0 Å². The predicted octanol–water partition coefficient (Wildman–Crippen LogP) is 5.78. The summed E-state index contributed by atoms with van der Waals surface area (Å²) in [4.78, 5) is 10.2. The Bertz CT molecular complexity index is 1130. The summed E-state index contributed by atoms with van der Waals surface area (Å²) in [6.07, 6.45) is 4.71. The molecule has 4 aromatic rings. The van der Waals surface area contributed by atoms with E-state index in [0.29, 0.717) is 0 Å². The van der Waals surface area contributed by atoms with E-state index in [1.807, 2.05) is 97.8 Å². The number of hydrogen-bond donors (Lipinski definition) is 1. The second kappa shape index (κ2) is 10.0. The third kappa shape index (κ3) is 5.11. The van der Waals surface area contributed by atoms with Gasteiger partial charge in [0, 0.05) is 35.6 Å². The lowest BCUT2D eigenvalue weighted by Crippen LogP contribution is -1.95. The van der Waals surface area contributed by atoms with Crippen LogP contribution in [-0.2, 0) is 0 Å². The number of benzene rings is 3. The molecule has 4 nitrogen and oxygen atoms in total. The summed E-state index contributed by atoms with van der Waals surface area (Å²) in [5.74, 6) is 0. The van der Waals surface area contributed by atoms with E-state index < -0.39 is 0 Å². The number of carbonyl (C=O) groups is 1. The molecule has 0 bridgehead atoms. The first kappa shape index (κ1) is 20.8. The fourth-order valence-electron chi connectivity index (χ4n) is 3.06. The van der Waals surface area contributed by atoms with Gasteiger partial charge in [-0.2, -0.15) is 5.10 Å². The van der Waals surface area contributed by atoms with Gasteiger partial charge >= 0.3 is 0 Å². The van der Waals surface area contributed by atoms with Crippen LogP contribution in [0.25, 0.3) is 11.3 Å². The number of aryl methyl sites for hydroxylation is 1. The van der Waals surface area contributed by atoms with Gasteiger partial charge in [-0.3, -0.25) is 4.79 Å². The second-order valence-corrected chi connectivity index (χ2v) is 6.82. The Hall–Kier alpha value is -3.92. The third-order valence-electron chi connectivity index (χ3n) is 4.65. The van der Waals surface area contributed by atoms with E-state index in [1.54, 1.807) is 6.07 Å². The van der Waals surface area contributed by atoms with E-state index in [0.717, 1.165) is 45.5 Å². The van der Waals surface area contributed by atoms with Crippen molar-refractivity contribution in [2.45, 2.75) is 6.92 Å². The minimum absolute atomic E-state index is 0.745. The summed E-state index contributed by atoms with van der Waals surface area (Å²) in [5, 5.41) is 7.62. The molecule has 0 fully saturated rings. The van der Waals surface area contributed by atoms with Crippen LogP contribution in [0.3, 0.4) is 0 Å². The molecular weight excluding hydrogens is 370 g/mol. The van der Waals surface area contributed by atoms with E-state index in [4.69, 9.17) is 0 Å². The predicted molar refractivity (Wildman–Crippen MR) is 124 cm³/mol. The van der Waals surface area contributed by atoms with Crippen LogP contribution >= 0.6 is 0 Å². The van der Waals surface area contributed by atoms with Crippen LogP contribution in [-0.4, -0.2) is 23.1 Å². The van der Waals surface area contributed by atoms with E-state index in [-0.39, 0.29) is 0 Å². The highest BCUT2D eigenvalue weighted by Crippen LogP contribution is 2.27. The number of nitrogens with zero attached hydrogens (tertiary/aromatic N) is 2. The van der Waals surface area contributed by atoms with Gasteiger partial charge < -0.3 is 5.32 Å². The Balaban J connectivity index is 0.000000239. The molecule has 0 atom stereocenters. The average molecular weight is 396 g/mol. The van der Waals surface area contributed by atoms with Crippen molar-refractivity contribution in [3.8, 4) is 5.69 Å². The topological polar surface area (TPSA) is 46.9 Å². The molecule has 0 aliphatic carbocycles. The van der Waals surface area contributed by atoms with Crippen molar-refractivity contribution >= 4 is 17.5 Å². The number of rotatable bonds is 5. The number of carbonyl (C=O) groups excluding carboxylic acids is 1. The Morgan fingerprint density at radius 3 is 2.40 bits per heavy atom. The van der Waals surface area contributed by atoms with Gasteiger partial charge in [0.25, 0.3) is 0 Å². The van der Waals surface area contributed by atoms with Crippen LogP contribution in [0.5, 0.6) is 0 Å². The lowest BCUT2D eigenvalue weighted by molar-refractivity contribution is 0.112. The van der Waals surface area contributed by atoms with Crippen molar-refractivity contribution in [3.05, 3.63) is 120 Å². The van der Waals surface area contributed by atoms with Crippen molar-refractivity contribution in [2.75, 3.05) is 12.4 Å². The van der Waals surface area contributed by atoms with Gasteiger partial charge in [-0.05, 0) is 36.8 Å². The number of nitrogens with one attached hydrogen (secondary N) is 1. The molecule has 0 aliphatic heterocycles. The quantitative estimate of drug-likeness (QED) is 0.436. The van der Waals surface area contributed by atoms with Crippen LogP contribution in [0.15, 0.2) is 97.8 Å². The zero-order valence-corrected chi connectivity index (χ0v) is 17.2. The van der Waals surface area contributed by atoms with E-state index in [2.05, 4.69) is 23.1 Å². The van der Waals surface area contributed by atoms with Gasteiger partial charge in [-0.15, -0.1) is 0 Å². The van der Waals surface area contributed by atoms with Crippen LogP contribution in [0.2, 0.25) is 0 Å². The molecule has 1 N–H and O–H groups in total. The van der Waals surface area contributed by atoms with Gasteiger partial charge in [0.2, 0.25) is 0 Å². The van der Waals surface area contributed by atoms with Crippen molar-refractivity contribution < 1.29 is 4.79 Å². The number of aldehydes is 1. The molecule has 3 aromatic carbocycles. The molecule has 30 heavy (non-hydrogen) atoms. The molecule has 0 amide bonds. The largest absolute Gasteiger partial charge is 0.388 e. The molecular formula is C26H25N3O. The van der Waals surface area contributed by atoms with Crippen LogP contribution < -0.4 is 5.32 Å². The normalized spacial score (nSPS) is 9.93. The smallest absolute Gasteiger partial charge is 0.150 e. The fraction of sp³-hybridized carbons (Fsp3) is 0.0769. The summed E-state index contributed by atoms with van der Waals surface area (Å²) in [7, 11) is 1.92. The molecule has 0 aliphatic rings. The Kier molecular flexibility index (Phi) is 6.95. The van der Waals surface area contributed by atoms with Crippen LogP contribution in [0, 0.1) is 6.92 Å². The molecule has 0 saturated heterocycles. The fourth-order valence-corrected chi connectivity index (χ4v) is 3.06. The maximum atomic E-state index is 10.2. The highest BCUT2D eigenvalue weighted by atomic mass is 16.1. The van der Waals surface area contributed by atoms with Crippen LogP contribution in [0.4, 0.5) is 5.69 Å². The average Bonchev–Trinajstić information content (AvgIpc) is 3.30. The molecule has 4 rings (SSSR count). The first-order valence-electron chi connectivity index (χ1n) is 9.70. The molecule has 0 spiro atoms. The SMILES string of the molecule is C=C(c1cnn(-c2ccccc2)c1)c1ccccc1NC.Cc1cccc(C=O)c1. The van der Waals surface area contributed by atoms with Gasteiger partial charge in [-0.1, -0.05) is 66.7 Å². The standard InChI is InChI=1S/C18H17N3.C8H8O/c1-14(17-10-6-7-11-18(17)19-2)15-12-20-21(13-15)16-8-4-3-5-9-16;1-7-3-2-4-8(5-7)6-9/h3-13,19H,1H2,2H3;2-6H,1H3. The molecule has 1 aromatic heterocycles. The number of anilines is 1.